The molecule has 0 aromatic heterocycles. The van der Waals surface area contributed by atoms with Gasteiger partial charge in [-0.2, -0.15) is 13.2 Å². The van der Waals surface area contributed by atoms with Crippen molar-refractivity contribution < 1.29 is 23.1 Å². The molecule has 0 aliphatic rings. The molecule has 0 bridgehead atoms. The van der Waals surface area contributed by atoms with Crippen LogP contribution < -0.4 is 5.32 Å². The molecule has 0 heterocycles. The average molecular weight is 281 g/mol. The van der Waals surface area contributed by atoms with Gasteiger partial charge in [0.2, 0.25) is 0 Å². The van der Waals surface area contributed by atoms with Crippen LogP contribution in [0.5, 0.6) is 5.75 Å². The molecule has 0 radical (unpaired) electrons. The lowest BCUT2D eigenvalue weighted by Crippen LogP contribution is -2.14. The van der Waals surface area contributed by atoms with Gasteiger partial charge in [0.25, 0.3) is 5.91 Å². The van der Waals surface area contributed by atoms with Crippen LogP contribution in [0.4, 0.5) is 18.9 Å². The number of aromatic hydroxyl groups is 1. The number of hydrogen-bond donors (Lipinski definition) is 2. The Morgan fingerprint density at radius 1 is 1.05 bits per heavy atom. The van der Waals surface area contributed by atoms with Gasteiger partial charge in [0.05, 0.1) is 11.1 Å². The Morgan fingerprint density at radius 3 is 2.30 bits per heavy atom. The molecule has 20 heavy (non-hydrogen) atoms. The number of carbonyl (C=O) groups is 1. The number of phenols is 1. The number of hydrogen-bond acceptors (Lipinski definition) is 2. The number of rotatable bonds is 2. The molecule has 0 saturated heterocycles. The Morgan fingerprint density at radius 2 is 1.70 bits per heavy atom. The molecule has 104 valence electrons. The summed E-state index contributed by atoms with van der Waals surface area (Å²) in [5.41, 5.74) is -0.994. The molecule has 2 aromatic rings. The Kier molecular flexibility index (Phi) is 3.65. The molecule has 2 rings (SSSR count). The predicted octanol–water partition coefficient (Wildman–Crippen LogP) is 3.66. The van der Waals surface area contributed by atoms with Gasteiger partial charge in [-0.1, -0.05) is 18.2 Å². The first-order chi connectivity index (χ1) is 9.38. The highest BCUT2D eigenvalue weighted by atomic mass is 19.4. The zero-order valence-electron chi connectivity index (χ0n) is 10.1. The fraction of sp³-hybridized carbons (Fsp3) is 0.0714. The summed E-state index contributed by atoms with van der Waals surface area (Å²) in [4.78, 5) is 11.9. The van der Waals surface area contributed by atoms with Crippen LogP contribution in [0.3, 0.4) is 0 Å². The van der Waals surface area contributed by atoms with Gasteiger partial charge in [-0.15, -0.1) is 0 Å². The van der Waals surface area contributed by atoms with E-state index in [2.05, 4.69) is 5.32 Å². The maximum absolute atomic E-state index is 12.6. The third-order valence-corrected chi connectivity index (χ3v) is 2.60. The van der Waals surface area contributed by atoms with E-state index in [-0.39, 0.29) is 0 Å². The molecule has 3 nitrogen and oxygen atoms in total. The van der Waals surface area contributed by atoms with Crippen LogP contribution in [0, 0.1) is 0 Å². The molecule has 0 spiro atoms. The molecular formula is C14H10F3NO2. The Bertz CT molecular complexity index is 624. The number of carbonyl (C=O) groups excluding carboxylic acids is 1. The summed E-state index contributed by atoms with van der Waals surface area (Å²) in [5.74, 6) is -1.31. The molecule has 2 N–H and O–H groups in total. The Labute approximate surface area is 112 Å². The highest BCUT2D eigenvalue weighted by Crippen LogP contribution is 2.32. The summed E-state index contributed by atoms with van der Waals surface area (Å²) in [5, 5.41) is 11.9. The van der Waals surface area contributed by atoms with Crippen molar-refractivity contribution in [3.63, 3.8) is 0 Å². The molecule has 0 atom stereocenters. The molecule has 2 aromatic carbocycles. The van der Waals surface area contributed by atoms with Crippen molar-refractivity contribution in [3.8, 4) is 5.75 Å². The third kappa shape index (κ3) is 3.09. The SMILES string of the molecule is O=C(Nc1ccccc1)c1cc(C(F)(F)F)ccc1O. The van der Waals surface area contributed by atoms with Crippen molar-refractivity contribution in [3.05, 3.63) is 59.7 Å². The van der Waals surface area contributed by atoms with E-state index in [9.17, 15) is 23.1 Å². The maximum Gasteiger partial charge on any atom is 0.416 e. The zero-order chi connectivity index (χ0) is 14.8. The van der Waals surface area contributed by atoms with Crippen LogP contribution in [-0.4, -0.2) is 11.0 Å². The number of benzene rings is 2. The predicted molar refractivity (Wildman–Crippen MR) is 67.5 cm³/mol. The second-order valence-corrected chi connectivity index (χ2v) is 4.05. The molecule has 0 aliphatic heterocycles. The van der Waals surface area contributed by atoms with Crippen molar-refractivity contribution >= 4 is 11.6 Å². The molecule has 1 amide bonds. The first-order valence-corrected chi connectivity index (χ1v) is 5.64. The van der Waals surface area contributed by atoms with E-state index in [1.54, 1.807) is 30.3 Å². The summed E-state index contributed by atoms with van der Waals surface area (Å²) < 4.78 is 37.7. The normalized spacial score (nSPS) is 11.2. The topological polar surface area (TPSA) is 49.3 Å². The smallest absolute Gasteiger partial charge is 0.416 e. The van der Waals surface area contributed by atoms with E-state index >= 15 is 0 Å². The number of amides is 1. The van der Waals surface area contributed by atoms with Crippen LogP contribution in [0.15, 0.2) is 48.5 Å². The lowest BCUT2D eigenvalue weighted by atomic mass is 10.1. The molecule has 6 heteroatoms. The van der Waals surface area contributed by atoms with Gasteiger partial charge in [-0.25, -0.2) is 0 Å². The van der Waals surface area contributed by atoms with Crippen molar-refractivity contribution in [1.29, 1.82) is 0 Å². The summed E-state index contributed by atoms with van der Waals surface area (Å²) >= 11 is 0. The van der Waals surface area contributed by atoms with Crippen LogP contribution in [-0.2, 0) is 6.18 Å². The third-order valence-electron chi connectivity index (χ3n) is 2.60. The highest BCUT2D eigenvalue weighted by Gasteiger charge is 2.31. The molecule has 0 fully saturated rings. The highest BCUT2D eigenvalue weighted by molar-refractivity contribution is 6.06. The van der Waals surface area contributed by atoms with Crippen LogP contribution in [0.25, 0.3) is 0 Å². The minimum absolute atomic E-state index is 0.425. The Balaban J connectivity index is 2.30. The summed E-state index contributed by atoms with van der Waals surface area (Å²) in [7, 11) is 0. The maximum atomic E-state index is 12.6. The number of alkyl halides is 3. The number of para-hydroxylation sites is 1. The van der Waals surface area contributed by atoms with Crippen molar-refractivity contribution in [2.24, 2.45) is 0 Å². The summed E-state index contributed by atoms with van der Waals surface area (Å²) in [6, 6.07) is 10.4. The molecule has 0 unspecified atom stereocenters. The van der Waals surface area contributed by atoms with Crippen molar-refractivity contribution in [2.45, 2.75) is 6.18 Å². The molecule has 0 aliphatic carbocycles. The van der Waals surface area contributed by atoms with Crippen molar-refractivity contribution in [1.82, 2.24) is 0 Å². The van der Waals surface area contributed by atoms with E-state index in [1.165, 1.54) is 0 Å². The minimum Gasteiger partial charge on any atom is -0.507 e. The van der Waals surface area contributed by atoms with E-state index in [1.807, 2.05) is 0 Å². The standard InChI is InChI=1S/C14H10F3NO2/c15-14(16,17)9-6-7-12(19)11(8-9)13(20)18-10-4-2-1-3-5-10/h1-8,19H,(H,18,20). The minimum atomic E-state index is -4.57. The van der Waals surface area contributed by atoms with E-state index < -0.39 is 29.0 Å². The molecule has 0 saturated carbocycles. The van der Waals surface area contributed by atoms with Gasteiger partial charge in [-0.3, -0.25) is 4.79 Å². The lowest BCUT2D eigenvalue weighted by Gasteiger charge is -2.10. The van der Waals surface area contributed by atoms with Gasteiger partial charge in [0.15, 0.2) is 0 Å². The monoisotopic (exact) mass is 281 g/mol. The van der Waals surface area contributed by atoms with Gasteiger partial charge in [0.1, 0.15) is 5.75 Å². The lowest BCUT2D eigenvalue weighted by molar-refractivity contribution is -0.137. The number of nitrogens with one attached hydrogen (secondary N) is 1. The molecular weight excluding hydrogens is 271 g/mol. The quantitative estimate of drug-likeness (QED) is 0.882. The fourth-order valence-corrected chi connectivity index (χ4v) is 1.61. The van der Waals surface area contributed by atoms with E-state index in [4.69, 9.17) is 0 Å². The average Bonchev–Trinajstić information content (AvgIpc) is 2.39. The van der Waals surface area contributed by atoms with E-state index in [0.717, 1.165) is 6.07 Å². The van der Waals surface area contributed by atoms with Crippen LogP contribution in [0.1, 0.15) is 15.9 Å². The summed E-state index contributed by atoms with van der Waals surface area (Å²) in [6.07, 6.45) is -4.57. The fourth-order valence-electron chi connectivity index (χ4n) is 1.61. The first-order valence-electron chi connectivity index (χ1n) is 5.64. The number of phenolic OH excluding ortho intramolecular Hbond substituents is 1. The number of halogens is 3. The first kappa shape index (κ1) is 13.9. The second-order valence-electron chi connectivity index (χ2n) is 4.05. The zero-order valence-corrected chi connectivity index (χ0v) is 10.1. The van der Waals surface area contributed by atoms with Gasteiger partial charge in [0, 0.05) is 5.69 Å². The van der Waals surface area contributed by atoms with Gasteiger partial charge >= 0.3 is 6.18 Å². The Hall–Kier alpha value is -2.50. The summed E-state index contributed by atoms with van der Waals surface area (Å²) in [6.45, 7) is 0. The van der Waals surface area contributed by atoms with Crippen LogP contribution in [0.2, 0.25) is 0 Å². The van der Waals surface area contributed by atoms with Gasteiger partial charge < -0.3 is 10.4 Å². The largest absolute Gasteiger partial charge is 0.507 e. The second kappa shape index (κ2) is 5.24. The number of anilines is 1. The van der Waals surface area contributed by atoms with Gasteiger partial charge in [-0.05, 0) is 30.3 Å². The van der Waals surface area contributed by atoms with Crippen LogP contribution >= 0.6 is 0 Å². The van der Waals surface area contributed by atoms with Crippen molar-refractivity contribution in [2.75, 3.05) is 5.32 Å². The van der Waals surface area contributed by atoms with E-state index in [0.29, 0.717) is 17.8 Å².